The van der Waals surface area contributed by atoms with E-state index in [9.17, 15) is 19.8 Å². The van der Waals surface area contributed by atoms with Gasteiger partial charge in [-0.05, 0) is 64.2 Å². The van der Waals surface area contributed by atoms with E-state index in [4.69, 9.17) is 4.74 Å². The first-order valence-electron chi connectivity index (χ1n) is 28.8. The van der Waals surface area contributed by atoms with Gasteiger partial charge >= 0.3 is 5.97 Å². The lowest BCUT2D eigenvalue weighted by atomic mass is 10.0. The average molecular weight is 915 g/mol. The topological polar surface area (TPSA) is 95.9 Å². The Morgan fingerprint density at radius 1 is 0.431 bits per heavy atom. The predicted molar refractivity (Wildman–Crippen MR) is 283 cm³/mol. The van der Waals surface area contributed by atoms with E-state index >= 15 is 0 Å². The molecule has 0 aromatic heterocycles. The van der Waals surface area contributed by atoms with Gasteiger partial charge in [-0.25, -0.2) is 0 Å². The van der Waals surface area contributed by atoms with E-state index in [0.29, 0.717) is 19.4 Å². The second-order valence-corrected chi connectivity index (χ2v) is 19.6. The number of ether oxygens (including phenoxy) is 1. The van der Waals surface area contributed by atoms with Gasteiger partial charge in [0.1, 0.15) is 0 Å². The van der Waals surface area contributed by atoms with Crippen molar-refractivity contribution in [3.63, 3.8) is 0 Å². The lowest BCUT2D eigenvalue weighted by Crippen LogP contribution is -2.45. The minimum atomic E-state index is -0.845. The maximum absolute atomic E-state index is 12.4. The Kier molecular flexibility index (Phi) is 53.1. The molecule has 6 nitrogen and oxygen atoms in total. The van der Waals surface area contributed by atoms with E-state index in [1.807, 2.05) is 6.08 Å². The van der Waals surface area contributed by atoms with Crippen LogP contribution in [0.1, 0.15) is 303 Å². The van der Waals surface area contributed by atoms with Crippen LogP contribution in [-0.2, 0) is 14.3 Å². The highest BCUT2D eigenvalue weighted by atomic mass is 16.5. The maximum Gasteiger partial charge on any atom is 0.305 e. The zero-order valence-electron chi connectivity index (χ0n) is 43.5. The van der Waals surface area contributed by atoms with Crippen LogP contribution in [0.5, 0.6) is 0 Å². The summed E-state index contributed by atoms with van der Waals surface area (Å²) < 4.78 is 5.49. The number of rotatable bonds is 53. The summed E-state index contributed by atoms with van der Waals surface area (Å²) in [5.74, 6) is -0.0687. The van der Waals surface area contributed by atoms with Crippen LogP contribution in [0.15, 0.2) is 36.5 Å². The van der Waals surface area contributed by atoms with Crippen LogP contribution in [0.2, 0.25) is 0 Å². The van der Waals surface area contributed by atoms with Crippen molar-refractivity contribution >= 4 is 11.9 Å². The summed E-state index contributed by atoms with van der Waals surface area (Å²) in [4.78, 5) is 24.5. The highest BCUT2D eigenvalue weighted by molar-refractivity contribution is 5.76. The van der Waals surface area contributed by atoms with E-state index in [2.05, 4.69) is 43.5 Å². The molecule has 0 aliphatic rings. The molecule has 1 amide bonds. The van der Waals surface area contributed by atoms with Gasteiger partial charge in [0.25, 0.3) is 0 Å². The molecule has 0 aliphatic heterocycles. The van der Waals surface area contributed by atoms with Crippen molar-refractivity contribution in [1.29, 1.82) is 0 Å². The fraction of sp³-hybridized carbons (Fsp3) is 0.864. The number of carbonyl (C=O) groups is 2. The SMILES string of the molecule is CCCCC/C=C\C/C=C\CCCCCCCCCCCC(=O)OCCCCCCCCCCCCCCCCCCCCCC(=O)NC(CO)C(O)/C=C/CCCCCCCCCC. The first-order valence-corrected chi connectivity index (χ1v) is 28.8. The van der Waals surface area contributed by atoms with Crippen molar-refractivity contribution < 1.29 is 24.5 Å². The molecule has 0 saturated heterocycles. The molecule has 0 fully saturated rings. The number of amides is 1. The smallest absolute Gasteiger partial charge is 0.305 e. The third-order valence-electron chi connectivity index (χ3n) is 13.2. The molecular formula is C59H111NO5. The van der Waals surface area contributed by atoms with E-state index in [-0.39, 0.29) is 18.5 Å². The van der Waals surface area contributed by atoms with Gasteiger partial charge in [0.05, 0.1) is 25.4 Å². The molecule has 0 saturated carbocycles. The minimum absolute atomic E-state index is 0.00413. The molecular weight excluding hydrogens is 803 g/mol. The fourth-order valence-electron chi connectivity index (χ4n) is 8.72. The maximum atomic E-state index is 12.4. The summed E-state index contributed by atoms with van der Waals surface area (Å²) in [5, 5.41) is 23.0. The molecule has 2 atom stereocenters. The Labute approximate surface area is 404 Å². The quantitative estimate of drug-likeness (QED) is 0.0321. The van der Waals surface area contributed by atoms with Crippen LogP contribution >= 0.6 is 0 Å². The van der Waals surface area contributed by atoms with Crippen LogP contribution in [0.3, 0.4) is 0 Å². The monoisotopic (exact) mass is 914 g/mol. The van der Waals surface area contributed by atoms with Gasteiger partial charge in [-0.1, -0.05) is 262 Å². The number of aliphatic hydroxyl groups excluding tert-OH is 2. The summed E-state index contributed by atoms with van der Waals surface area (Å²) in [6, 6.07) is -0.628. The molecule has 2 unspecified atom stereocenters. The van der Waals surface area contributed by atoms with Gasteiger partial charge in [-0.15, -0.1) is 0 Å². The molecule has 0 aromatic carbocycles. The number of allylic oxidation sites excluding steroid dienone is 5. The Morgan fingerprint density at radius 3 is 1.20 bits per heavy atom. The van der Waals surface area contributed by atoms with E-state index in [1.54, 1.807) is 6.08 Å². The van der Waals surface area contributed by atoms with Gasteiger partial charge < -0.3 is 20.3 Å². The Hall–Kier alpha value is -1.92. The zero-order chi connectivity index (χ0) is 47.2. The lowest BCUT2D eigenvalue weighted by Gasteiger charge is -2.20. The van der Waals surface area contributed by atoms with Crippen molar-refractivity contribution in [2.24, 2.45) is 0 Å². The molecule has 0 rings (SSSR count). The lowest BCUT2D eigenvalue weighted by molar-refractivity contribution is -0.143. The van der Waals surface area contributed by atoms with Gasteiger partial charge in [-0.2, -0.15) is 0 Å². The molecule has 0 aliphatic carbocycles. The van der Waals surface area contributed by atoms with Crippen LogP contribution in [0, 0.1) is 0 Å². The van der Waals surface area contributed by atoms with Gasteiger partial charge in [-0.3, -0.25) is 9.59 Å². The highest BCUT2D eigenvalue weighted by Gasteiger charge is 2.18. The highest BCUT2D eigenvalue weighted by Crippen LogP contribution is 2.17. The first kappa shape index (κ1) is 63.1. The molecule has 65 heavy (non-hydrogen) atoms. The summed E-state index contributed by atoms with van der Waals surface area (Å²) in [7, 11) is 0. The number of aliphatic hydroxyl groups is 2. The van der Waals surface area contributed by atoms with Crippen molar-refractivity contribution in [3.8, 4) is 0 Å². The van der Waals surface area contributed by atoms with Gasteiger partial charge in [0, 0.05) is 12.8 Å². The van der Waals surface area contributed by atoms with Crippen molar-refractivity contribution in [2.75, 3.05) is 13.2 Å². The molecule has 0 aromatic rings. The van der Waals surface area contributed by atoms with E-state index in [1.165, 1.54) is 225 Å². The molecule has 3 N–H and O–H groups in total. The normalized spacial score (nSPS) is 12.9. The molecule has 0 spiro atoms. The summed E-state index contributed by atoms with van der Waals surface area (Å²) in [5.41, 5.74) is 0. The summed E-state index contributed by atoms with van der Waals surface area (Å²) in [6.45, 7) is 4.86. The molecule has 6 heteroatoms. The number of unbranched alkanes of at least 4 members (excludes halogenated alkanes) is 38. The van der Waals surface area contributed by atoms with Gasteiger partial charge in [0.15, 0.2) is 0 Å². The van der Waals surface area contributed by atoms with E-state index in [0.717, 1.165) is 51.4 Å². The molecule has 0 radical (unpaired) electrons. The standard InChI is InChI=1S/C59H111NO5/c1-3-5-7-9-11-13-15-16-17-18-20-24-27-30-33-37-41-45-49-53-59(64)65-54-50-46-42-38-34-31-28-25-22-19-21-23-26-29-32-36-40-44-48-52-58(63)60-56(55-61)57(62)51-47-43-39-35-14-12-10-8-6-4-2/h11,13,16-17,47,51,56-57,61-62H,3-10,12,14-15,18-46,48-50,52-55H2,1-2H3,(H,60,63)/b13-11-,17-16-,51-47+. The Balaban J connectivity index is 3.38. The predicted octanol–water partition coefficient (Wildman–Crippen LogP) is 17.6. The Morgan fingerprint density at radius 2 is 0.769 bits per heavy atom. The summed E-state index contributed by atoms with van der Waals surface area (Å²) in [6.07, 6.45) is 67.4. The Bertz CT molecular complexity index is 1060. The average Bonchev–Trinajstić information content (AvgIpc) is 3.31. The number of esters is 1. The largest absolute Gasteiger partial charge is 0.466 e. The first-order chi connectivity index (χ1) is 32.0. The van der Waals surface area contributed by atoms with Crippen LogP contribution < -0.4 is 5.32 Å². The fourth-order valence-corrected chi connectivity index (χ4v) is 8.72. The number of nitrogens with one attached hydrogen (secondary N) is 1. The molecule has 0 bridgehead atoms. The van der Waals surface area contributed by atoms with Gasteiger partial charge in [0.2, 0.25) is 5.91 Å². The third kappa shape index (κ3) is 51.3. The van der Waals surface area contributed by atoms with Crippen molar-refractivity contribution in [3.05, 3.63) is 36.5 Å². The molecule has 382 valence electrons. The molecule has 0 heterocycles. The van der Waals surface area contributed by atoms with Crippen molar-refractivity contribution in [1.82, 2.24) is 5.32 Å². The zero-order valence-corrected chi connectivity index (χ0v) is 43.5. The van der Waals surface area contributed by atoms with Crippen LogP contribution in [-0.4, -0.2) is 47.4 Å². The summed E-state index contributed by atoms with van der Waals surface area (Å²) >= 11 is 0. The van der Waals surface area contributed by atoms with E-state index < -0.39 is 12.1 Å². The number of hydrogen-bond donors (Lipinski definition) is 3. The number of hydrogen-bond acceptors (Lipinski definition) is 5. The second-order valence-electron chi connectivity index (χ2n) is 19.6. The second kappa shape index (κ2) is 54.7. The minimum Gasteiger partial charge on any atom is -0.466 e. The van der Waals surface area contributed by atoms with Crippen LogP contribution in [0.25, 0.3) is 0 Å². The third-order valence-corrected chi connectivity index (χ3v) is 13.2. The van der Waals surface area contributed by atoms with Crippen molar-refractivity contribution in [2.45, 2.75) is 315 Å². The number of carbonyl (C=O) groups excluding carboxylic acids is 2. The van der Waals surface area contributed by atoms with Crippen LogP contribution in [0.4, 0.5) is 0 Å².